The quantitative estimate of drug-likeness (QED) is 0.892. The number of aryl methyl sites for hydroxylation is 2. The smallest absolute Gasteiger partial charge is 0.0297 e. The Morgan fingerprint density at radius 2 is 2.00 bits per heavy atom. The molecule has 1 saturated heterocycles. The zero-order chi connectivity index (χ0) is 13.4. The van der Waals surface area contributed by atoms with Crippen molar-refractivity contribution in [3.63, 3.8) is 0 Å². The first-order valence-electron chi connectivity index (χ1n) is 7.71. The molecule has 2 nitrogen and oxygen atoms in total. The van der Waals surface area contributed by atoms with Crippen molar-refractivity contribution >= 4 is 0 Å². The van der Waals surface area contributed by atoms with Gasteiger partial charge >= 0.3 is 0 Å². The van der Waals surface area contributed by atoms with Gasteiger partial charge in [0, 0.05) is 31.2 Å². The van der Waals surface area contributed by atoms with Crippen LogP contribution in [0.25, 0.3) is 0 Å². The summed E-state index contributed by atoms with van der Waals surface area (Å²) in [5, 5.41) is 3.83. The fraction of sp³-hybridized carbons (Fsp3) is 0.647. The Bertz CT molecular complexity index is 451. The highest BCUT2D eigenvalue weighted by molar-refractivity contribution is 5.32. The number of likely N-dealkylation sites (tertiary alicyclic amines) is 1. The van der Waals surface area contributed by atoms with Gasteiger partial charge in [0.15, 0.2) is 0 Å². The van der Waals surface area contributed by atoms with Crippen LogP contribution in [0, 0.1) is 13.8 Å². The number of hydrogen-bond donors (Lipinski definition) is 1. The predicted octanol–water partition coefficient (Wildman–Crippen LogP) is 3.19. The number of nitrogens with one attached hydrogen (secondary N) is 1. The molecule has 2 unspecified atom stereocenters. The van der Waals surface area contributed by atoms with Gasteiger partial charge in [-0.3, -0.25) is 4.90 Å². The van der Waals surface area contributed by atoms with E-state index in [9.17, 15) is 0 Å². The molecule has 0 aromatic heterocycles. The second-order valence-electron chi connectivity index (χ2n) is 6.46. The lowest BCUT2D eigenvalue weighted by molar-refractivity contribution is 0.313. The van der Waals surface area contributed by atoms with Gasteiger partial charge in [0.2, 0.25) is 0 Å². The van der Waals surface area contributed by atoms with E-state index in [0.717, 1.165) is 6.04 Å². The van der Waals surface area contributed by atoms with E-state index in [1.807, 2.05) is 0 Å². The van der Waals surface area contributed by atoms with Crippen molar-refractivity contribution in [1.82, 2.24) is 10.2 Å². The average Bonchev–Trinajstić information content (AvgIpc) is 3.10. The van der Waals surface area contributed by atoms with Crippen LogP contribution in [0.2, 0.25) is 0 Å². The van der Waals surface area contributed by atoms with E-state index >= 15 is 0 Å². The van der Waals surface area contributed by atoms with Crippen LogP contribution >= 0.6 is 0 Å². The Morgan fingerprint density at radius 1 is 1.21 bits per heavy atom. The molecule has 0 radical (unpaired) electrons. The summed E-state index contributed by atoms with van der Waals surface area (Å²) in [4.78, 5) is 2.67. The molecule has 1 aromatic rings. The Balaban J connectivity index is 1.60. The van der Waals surface area contributed by atoms with Crippen molar-refractivity contribution in [2.45, 2.75) is 58.2 Å². The monoisotopic (exact) mass is 258 g/mol. The first-order valence-corrected chi connectivity index (χ1v) is 7.71. The highest BCUT2D eigenvalue weighted by atomic mass is 15.2. The van der Waals surface area contributed by atoms with Gasteiger partial charge in [-0.1, -0.05) is 23.8 Å². The molecule has 1 aliphatic carbocycles. The van der Waals surface area contributed by atoms with E-state index in [0.29, 0.717) is 12.1 Å². The lowest BCUT2D eigenvalue weighted by Crippen LogP contribution is -2.35. The highest BCUT2D eigenvalue weighted by Crippen LogP contribution is 2.30. The van der Waals surface area contributed by atoms with Gasteiger partial charge in [-0.05, 0) is 51.2 Å². The van der Waals surface area contributed by atoms with Gasteiger partial charge in [0.25, 0.3) is 0 Å². The first kappa shape index (κ1) is 13.1. The fourth-order valence-electron chi connectivity index (χ4n) is 3.45. The molecular weight excluding hydrogens is 232 g/mol. The summed E-state index contributed by atoms with van der Waals surface area (Å²) < 4.78 is 0. The summed E-state index contributed by atoms with van der Waals surface area (Å²) in [6.45, 7) is 9.24. The van der Waals surface area contributed by atoms with E-state index in [4.69, 9.17) is 0 Å². The Hall–Kier alpha value is -0.860. The van der Waals surface area contributed by atoms with Crippen molar-refractivity contribution < 1.29 is 0 Å². The van der Waals surface area contributed by atoms with Crippen LogP contribution in [0.15, 0.2) is 18.2 Å². The third-order valence-electron chi connectivity index (χ3n) is 4.66. The summed E-state index contributed by atoms with van der Waals surface area (Å²) in [6.07, 6.45) is 4.17. The van der Waals surface area contributed by atoms with Gasteiger partial charge in [0.05, 0.1) is 0 Å². The van der Waals surface area contributed by atoms with Crippen molar-refractivity contribution in [1.29, 1.82) is 0 Å². The minimum atomic E-state index is 0.463. The maximum absolute atomic E-state index is 3.83. The maximum atomic E-state index is 3.83. The minimum absolute atomic E-state index is 0.463. The lowest BCUT2D eigenvalue weighted by Gasteiger charge is -2.22. The number of hydrogen-bond acceptors (Lipinski definition) is 2. The van der Waals surface area contributed by atoms with Gasteiger partial charge in [-0.15, -0.1) is 0 Å². The normalized spacial score (nSPS) is 25.7. The van der Waals surface area contributed by atoms with Crippen LogP contribution in [0.3, 0.4) is 0 Å². The second kappa shape index (κ2) is 5.26. The molecule has 3 rings (SSSR count). The zero-order valence-corrected chi connectivity index (χ0v) is 12.4. The maximum Gasteiger partial charge on any atom is 0.0297 e. The molecule has 2 fully saturated rings. The molecule has 1 heterocycles. The zero-order valence-electron chi connectivity index (χ0n) is 12.4. The Labute approximate surface area is 117 Å². The van der Waals surface area contributed by atoms with Crippen molar-refractivity contribution in [3.8, 4) is 0 Å². The van der Waals surface area contributed by atoms with Crippen molar-refractivity contribution in [3.05, 3.63) is 34.9 Å². The number of benzene rings is 1. The van der Waals surface area contributed by atoms with Crippen LogP contribution in [-0.4, -0.2) is 30.1 Å². The molecule has 0 bridgehead atoms. The second-order valence-corrected chi connectivity index (χ2v) is 6.46. The topological polar surface area (TPSA) is 15.3 Å². The van der Waals surface area contributed by atoms with Crippen LogP contribution in [0.4, 0.5) is 0 Å². The standard InChI is InChI=1S/C17H26N2/c1-12-4-7-17(13(2)10-12)14(3)18-15-8-9-19(11-15)16-5-6-16/h4,7,10,14-16,18H,5-6,8-9,11H2,1-3H3. The molecular formula is C17H26N2. The Kier molecular flexibility index (Phi) is 3.64. The highest BCUT2D eigenvalue weighted by Gasteiger charge is 2.34. The molecule has 0 spiro atoms. The molecule has 2 atom stereocenters. The van der Waals surface area contributed by atoms with E-state index in [-0.39, 0.29) is 0 Å². The van der Waals surface area contributed by atoms with Crippen LogP contribution in [0.1, 0.15) is 48.9 Å². The third kappa shape index (κ3) is 3.01. The summed E-state index contributed by atoms with van der Waals surface area (Å²) in [5.74, 6) is 0. The third-order valence-corrected chi connectivity index (χ3v) is 4.66. The minimum Gasteiger partial charge on any atom is -0.306 e. The van der Waals surface area contributed by atoms with Crippen LogP contribution in [0.5, 0.6) is 0 Å². The molecule has 1 N–H and O–H groups in total. The molecule has 0 amide bonds. The van der Waals surface area contributed by atoms with Crippen LogP contribution in [-0.2, 0) is 0 Å². The summed E-state index contributed by atoms with van der Waals surface area (Å²) in [7, 11) is 0. The summed E-state index contributed by atoms with van der Waals surface area (Å²) in [5.41, 5.74) is 4.22. The molecule has 104 valence electrons. The SMILES string of the molecule is Cc1ccc(C(C)NC2CCN(C3CC3)C2)c(C)c1. The number of rotatable bonds is 4. The average molecular weight is 258 g/mol. The number of nitrogens with zero attached hydrogens (tertiary/aromatic N) is 1. The van der Waals surface area contributed by atoms with Crippen LogP contribution < -0.4 is 5.32 Å². The summed E-state index contributed by atoms with van der Waals surface area (Å²) in [6, 6.07) is 8.87. The predicted molar refractivity (Wildman–Crippen MR) is 80.5 cm³/mol. The van der Waals surface area contributed by atoms with E-state index in [1.165, 1.54) is 49.0 Å². The van der Waals surface area contributed by atoms with E-state index in [2.05, 4.69) is 49.2 Å². The largest absolute Gasteiger partial charge is 0.306 e. The van der Waals surface area contributed by atoms with Gasteiger partial charge in [0.1, 0.15) is 0 Å². The van der Waals surface area contributed by atoms with Crippen molar-refractivity contribution in [2.24, 2.45) is 0 Å². The molecule has 19 heavy (non-hydrogen) atoms. The van der Waals surface area contributed by atoms with E-state index < -0.39 is 0 Å². The Morgan fingerprint density at radius 3 is 2.68 bits per heavy atom. The summed E-state index contributed by atoms with van der Waals surface area (Å²) >= 11 is 0. The lowest BCUT2D eigenvalue weighted by atomic mass is 9.99. The molecule has 1 aromatic carbocycles. The molecule has 2 heteroatoms. The van der Waals surface area contributed by atoms with Gasteiger partial charge in [-0.2, -0.15) is 0 Å². The molecule has 1 aliphatic heterocycles. The molecule has 1 saturated carbocycles. The fourth-order valence-corrected chi connectivity index (χ4v) is 3.45. The molecule has 2 aliphatic rings. The first-order chi connectivity index (χ1) is 9.13. The van der Waals surface area contributed by atoms with Gasteiger partial charge in [-0.25, -0.2) is 0 Å². The van der Waals surface area contributed by atoms with Gasteiger partial charge < -0.3 is 5.32 Å². The van der Waals surface area contributed by atoms with E-state index in [1.54, 1.807) is 0 Å². The van der Waals surface area contributed by atoms with Crippen molar-refractivity contribution in [2.75, 3.05) is 13.1 Å².